The van der Waals surface area contributed by atoms with Gasteiger partial charge in [-0.2, -0.15) is 0 Å². The Morgan fingerprint density at radius 3 is 2.50 bits per heavy atom. The molecule has 0 saturated carbocycles. The molecule has 3 nitrogen and oxygen atoms in total. The van der Waals surface area contributed by atoms with Crippen LogP contribution < -0.4 is 4.74 Å². The molecule has 1 N–H and O–H groups in total. The van der Waals surface area contributed by atoms with Crippen LogP contribution in [0, 0.1) is 5.92 Å². The highest BCUT2D eigenvalue weighted by atomic mass is 16.5. The first kappa shape index (κ1) is 13.4. The zero-order valence-electron chi connectivity index (χ0n) is 11.5. The van der Waals surface area contributed by atoms with Gasteiger partial charge in [0, 0.05) is 19.1 Å². The SMILES string of the molecule is COc1ccc(C(O)CN2CC(C)CC2C)cc1. The van der Waals surface area contributed by atoms with Gasteiger partial charge >= 0.3 is 0 Å². The third kappa shape index (κ3) is 3.03. The number of hydrogen-bond donors (Lipinski definition) is 1. The van der Waals surface area contributed by atoms with E-state index in [4.69, 9.17) is 4.74 Å². The molecule has 100 valence electrons. The van der Waals surface area contributed by atoms with E-state index < -0.39 is 6.10 Å². The molecular formula is C15H23NO2. The van der Waals surface area contributed by atoms with E-state index in [-0.39, 0.29) is 0 Å². The fraction of sp³-hybridized carbons (Fsp3) is 0.600. The lowest BCUT2D eigenvalue weighted by molar-refractivity contribution is 0.109. The average molecular weight is 249 g/mol. The second-order valence-corrected chi connectivity index (χ2v) is 5.43. The predicted molar refractivity (Wildman–Crippen MR) is 72.8 cm³/mol. The Labute approximate surface area is 109 Å². The molecule has 0 bridgehead atoms. The van der Waals surface area contributed by atoms with Gasteiger partial charge in [-0.3, -0.25) is 4.90 Å². The molecule has 1 aliphatic heterocycles. The Morgan fingerprint density at radius 1 is 1.33 bits per heavy atom. The van der Waals surface area contributed by atoms with E-state index in [0.29, 0.717) is 6.04 Å². The maximum absolute atomic E-state index is 10.3. The molecule has 1 saturated heterocycles. The minimum absolute atomic E-state index is 0.413. The predicted octanol–water partition coefficient (Wildman–Crippen LogP) is 2.46. The lowest BCUT2D eigenvalue weighted by Gasteiger charge is -2.24. The zero-order chi connectivity index (χ0) is 13.1. The Kier molecular flexibility index (Phi) is 4.25. The van der Waals surface area contributed by atoms with Crippen molar-refractivity contribution in [3.63, 3.8) is 0 Å². The fourth-order valence-electron chi connectivity index (χ4n) is 2.79. The first-order valence-corrected chi connectivity index (χ1v) is 6.66. The summed E-state index contributed by atoms with van der Waals surface area (Å²) in [7, 11) is 1.65. The second kappa shape index (κ2) is 5.72. The number of rotatable bonds is 4. The Bertz CT molecular complexity index is 377. The van der Waals surface area contributed by atoms with Crippen LogP contribution in [0.4, 0.5) is 0 Å². The van der Waals surface area contributed by atoms with Crippen molar-refractivity contribution in [3.05, 3.63) is 29.8 Å². The first-order valence-electron chi connectivity index (χ1n) is 6.66. The van der Waals surface area contributed by atoms with Gasteiger partial charge in [0.15, 0.2) is 0 Å². The third-order valence-corrected chi connectivity index (χ3v) is 3.82. The standard InChI is InChI=1S/C15H23NO2/c1-11-8-12(2)16(9-11)10-15(17)13-4-6-14(18-3)7-5-13/h4-7,11-12,15,17H,8-10H2,1-3H3. The van der Waals surface area contributed by atoms with E-state index in [1.807, 2.05) is 24.3 Å². The quantitative estimate of drug-likeness (QED) is 0.889. The van der Waals surface area contributed by atoms with Crippen molar-refractivity contribution in [1.29, 1.82) is 0 Å². The normalized spacial score (nSPS) is 26.2. The third-order valence-electron chi connectivity index (χ3n) is 3.82. The molecule has 1 aromatic carbocycles. The summed E-state index contributed by atoms with van der Waals surface area (Å²) in [5.41, 5.74) is 0.961. The molecular weight excluding hydrogens is 226 g/mol. The van der Waals surface area contributed by atoms with Crippen LogP contribution in [0.1, 0.15) is 31.9 Å². The first-order chi connectivity index (χ1) is 8.60. The van der Waals surface area contributed by atoms with Gasteiger partial charge in [-0.25, -0.2) is 0 Å². The van der Waals surface area contributed by atoms with Crippen LogP contribution in [0.2, 0.25) is 0 Å². The number of likely N-dealkylation sites (tertiary alicyclic amines) is 1. The number of nitrogens with zero attached hydrogens (tertiary/aromatic N) is 1. The summed E-state index contributed by atoms with van der Waals surface area (Å²) in [6.45, 7) is 6.33. The Hall–Kier alpha value is -1.06. The molecule has 0 aliphatic carbocycles. The van der Waals surface area contributed by atoms with E-state index in [0.717, 1.165) is 30.3 Å². The smallest absolute Gasteiger partial charge is 0.118 e. The molecule has 0 spiro atoms. The molecule has 2 rings (SSSR count). The van der Waals surface area contributed by atoms with Gasteiger partial charge < -0.3 is 9.84 Å². The van der Waals surface area contributed by atoms with Crippen molar-refractivity contribution in [3.8, 4) is 5.75 Å². The van der Waals surface area contributed by atoms with Gasteiger partial charge in [0.2, 0.25) is 0 Å². The van der Waals surface area contributed by atoms with Crippen molar-refractivity contribution in [2.75, 3.05) is 20.2 Å². The molecule has 0 aromatic heterocycles. The molecule has 1 heterocycles. The summed E-state index contributed by atoms with van der Waals surface area (Å²) < 4.78 is 5.12. The van der Waals surface area contributed by atoms with Crippen molar-refractivity contribution in [1.82, 2.24) is 4.90 Å². The summed E-state index contributed by atoms with van der Waals surface area (Å²) >= 11 is 0. The van der Waals surface area contributed by atoms with Gasteiger partial charge in [-0.05, 0) is 37.0 Å². The van der Waals surface area contributed by atoms with E-state index >= 15 is 0 Å². The van der Waals surface area contributed by atoms with Gasteiger partial charge in [0.1, 0.15) is 5.75 Å². The van der Waals surface area contributed by atoms with Crippen LogP contribution in [0.25, 0.3) is 0 Å². The summed E-state index contributed by atoms with van der Waals surface area (Å²) in [6.07, 6.45) is 0.818. The molecule has 0 amide bonds. The van der Waals surface area contributed by atoms with Crippen molar-refractivity contribution < 1.29 is 9.84 Å². The van der Waals surface area contributed by atoms with Gasteiger partial charge in [-0.15, -0.1) is 0 Å². The lowest BCUT2D eigenvalue weighted by Crippen LogP contribution is -2.31. The monoisotopic (exact) mass is 249 g/mol. The van der Waals surface area contributed by atoms with E-state index in [1.165, 1.54) is 6.42 Å². The summed E-state index contributed by atoms with van der Waals surface area (Å²) in [4.78, 5) is 2.37. The molecule has 3 unspecified atom stereocenters. The van der Waals surface area contributed by atoms with Crippen LogP contribution >= 0.6 is 0 Å². The highest BCUT2D eigenvalue weighted by Crippen LogP contribution is 2.25. The summed E-state index contributed by atoms with van der Waals surface area (Å²) in [5.74, 6) is 1.57. The topological polar surface area (TPSA) is 32.7 Å². The average Bonchev–Trinajstić information content (AvgIpc) is 2.68. The minimum atomic E-state index is -0.413. The fourth-order valence-corrected chi connectivity index (χ4v) is 2.79. The lowest BCUT2D eigenvalue weighted by atomic mass is 10.1. The maximum Gasteiger partial charge on any atom is 0.118 e. The number of aliphatic hydroxyl groups excluding tert-OH is 1. The zero-order valence-corrected chi connectivity index (χ0v) is 11.5. The summed E-state index contributed by atoms with van der Waals surface area (Å²) in [5, 5.41) is 10.3. The van der Waals surface area contributed by atoms with E-state index in [9.17, 15) is 5.11 Å². The minimum Gasteiger partial charge on any atom is -0.497 e. The number of methoxy groups -OCH3 is 1. The van der Waals surface area contributed by atoms with Crippen LogP contribution in [-0.2, 0) is 0 Å². The van der Waals surface area contributed by atoms with Crippen molar-refractivity contribution >= 4 is 0 Å². The van der Waals surface area contributed by atoms with Gasteiger partial charge in [0.25, 0.3) is 0 Å². The molecule has 3 heteroatoms. The van der Waals surface area contributed by atoms with Gasteiger partial charge in [-0.1, -0.05) is 19.1 Å². The van der Waals surface area contributed by atoms with Crippen LogP contribution in [-0.4, -0.2) is 36.2 Å². The molecule has 1 aromatic rings. The van der Waals surface area contributed by atoms with Crippen LogP contribution in [0.15, 0.2) is 24.3 Å². The summed E-state index contributed by atoms with van der Waals surface area (Å²) in [6, 6.07) is 8.25. The number of aliphatic hydroxyl groups is 1. The molecule has 0 radical (unpaired) electrons. The highest BCUT2D eigenvalue weighted by Gasteiger charge is 2.27. The van der Waals surface area contributed by atoms with Gasteiger partial charge in [0.05, 0.1) is 13.2 Å². The molecule has 3 atom stereocenters. The van der Waals surface area contributed by atoms with Crippen molar-refractivity contribution in [2.45, 2.75) is 32.4 Å². The highest BCUT2D eigenvalue weighted by molar-refractivity contribution is 5.28. The van der Waals surface area contributed by atoms with E-state index in [1.54, 1.807) is 7.11 Å². The Balaban J connectivity index is 1.96. The molecule has 18 heavy (non-hydrogen) atoms. The van der Waals surface area contributed by atoms with Crippen molar-refractivity contribution in [2.24, 2.45) is 5.92 Å². The van der Waals surface area contributed by atoms with Crippen LogP contribution in [0.5, 0.6) is 5.75 Å². The van der Waals surface area contributed by atoms with Crippen LogP contribution in [0.3, 0.4) is 0 Å². The molecule has 1 aliphatic rings. The second-order valence-electron chi connectivity index (χ2n) is 5.43. The number of β-amino-alcohol motifs (C(OH)–C–C–N with tert-alkyl or cyclic N) is 1. The number of ether oxygens (including phenoxy) is 1. The maximum atomic E-state index is 10.3. The Morgan fingerprint density at radius 2 is 2.00 bits per heavy atom. The van der Waals surface area contributed by atoms with E-state index in [2.05, 4.69) is 18.7 Å². The largest absolute Gasteiger partial charge is 0.497 e. The number of benzene rings is 1. The number of hydrogen-bond acceptors (Lipinski definition) is 3. The molecule has 1 fully saturated rings.